The standard InChI is InChI=1S/C13H22N4OS/c1-3-14-12-17-16-11(19-12)10(18)15-9-13(2)7-5-4-6-8-13/h3-9H2,1-2H3,(H,14,17)(H,15,18). The maximum absolute atomic E-state index is 12.0. The van der Waals surface area contributed by atoms with Gasteiger partial charge in [0, 0.05) is 13.1 Å². The van der Waals surface area contributed by atoms with E-state index >= 15 is 0 Å². The molecule has 1 heterocycles. The van der Waals surface area contributed by atoms with Crippen LogP contribution in [0.15, 0.2) is 0 Å². The topological polar surface area (TPSA) is 66.9 Å². The van der Waals surface area contributed by atoms with Gasteiger partial charge in [-0.05, 0) is 25.2 Å². The van der Waals surface area contributed by atoms with Crippen LogP contribution >= 0.6 is 11.3 Å². The molecule has 5 nitrogen and oxygen atoms in total. The van der Waals surface area contributed by atoms with Crippen molar-refractivity contribution in [3.63, 3.8) is 0 Å². The van der Waals surface area contributed by atoms with Crippen molar-refractivity contribution >= 4 is 22.4 Å². The Hall–Kier alpha value is -1.17. The molecule has 1 aromatic rings. The zero-order chi connectivity index (χ0) is 13.7. The summed E-state index contributed by atoms with van der Waals surface area (Å²) in [6.07, 6.45) is 6.27. The number of carbonyl (C=O) groups excluding carboxylic acids is 1. The van der Waals surface area contributed by atoms with Crippen molar-refractivity contribution in [3.8, 4) is 0 Å². The smallest absolute Gasteiger partial charge is 0.282 e. The highest BCUT2D eigenvalue weighted by molar-refractivity contribution is 7.17. The van der Waals surface area contributed by atoms with Crippen molar-refractivity contribution < 1.29 is 4.79 Å². The number of nitrogens with zero attached hydrogens (tertiary/aromatic N) is 2. The molecule has 0 bridgehead atoms. The number of hydrogen-bond donors (Lipinski definition) is 2. The number of rotatable bonds is 5. The van der Waals surface area contributed by atoms with E-state index in [-0.39, 0.29) is 11.3 Å². The van der Waals surface area contributed by atoms with E-state index in [0.29, 0.717) is 10.1 Å². The normalized spacial score (nSPS) is 18.0. The van der Waals surface area contributed by atoms with Gasteiger partial charge >= 0.3 is 0 Å². The van der Waals surface area contributed by atoms with Crippen molar-refractivity contribution in [2.24, 2.45) is 5.41 Å². The summed E-state index contributed by atoms with van der Waals surface area (Å²) in [6, 6.07) is 0. The Morgan fingerprint density at radius 3 is 2.74 bits per heavy atom. The molecule has 106 valence electrons. The van der Waals surface area contributed by atoms with E-state index in [1.807, 2.05) is 6.92 Å². The third kappa shape index (κ3) is 3.89. The van der Waals surface area contributed by atoms with Gasteiger partial charge < -0.3 is 10.6 Å². The van der Waals surface area contributed by atoms with Crippen molar-refractivity contribution in [2.45, 2.75) is 46.0 Å². The Labute approximate surface area is 118 Å². The fourth-order valence-electron chi connectivity index (χ4n) is 2.49. The SMILES string of the molecule is CCNc1nnc(C(=O)NCC2(C)CCCCC2)s1. The van der Waals surface area contributed by atoms with Gasteiger partial charge in [0.15, 0.2) is 0 Å². The molecule has 6 heteroatoms. The number of hydrogen-bond acceptors (Lipinski definition) is 5. The Morgan fingerprint density at radius 2 is 2.05 bits per heavy atom. The van der Waals surface area contributed by atoms with E-state index in [4.69, 9.17) is 0 Å². The average molecular weight is 282 g/mol. The first-order valence-corrected chi connectivity index (χ1v) is 7.80. The third-order valence-electron chi connectivity index (χ3n) is 3.68. The molecule has 1 aromatic heterocycles. The van der Waals surface area contributed by atoms with Crippen LogP contribution in [0.2, 0.25) is 0 Å². The Morgan fingerprint density at radius 1 is 1.32 bits per heavy atom. The van der Waals surface area contributed by atoms with Gasteiger partial charge in [0.2, 0.25) is 10.1 Å². The fourth-order valence-corrected chi connectivity index (χ4v) is 3.22. The van der Waals surface area contributed by atoms with Gasteiger partial charge in [0.1, 0.15) is 0 Å². The highest BCUT2D eigenvalue weighted by Crippen LogP contribution is 2.35. The van der Waals surface area contributed by atoms with Gasteiger partial charge in [0.25, 0.3) is 5.91 Å². The lowest BCUT2D eigenvalue weighted by Gasteiger charge is -2.33. The highest BCUT2D eigenvalue weighted by Gasteiger charge is 2.27. The average Bonchev–Trinajstić information content (AvgIpc) is 2.86. The number of nitrogens with one attached hydrogen (secondary N) is 2. The highest BCUT2D eigenvalue weighted by atomic mass is 32.1. The summed E-state index contributed by atoms with van der Waals surface area (Å²) in [6.45, 7) is 5.78. The number of amides is 1. The molecule has 0 aliphatic heterocycles. The lowest BCUT2D eigenvalue weighted by atomic mass is 9.76. The minimum Gasteiger partial charge on any atom is -0.360 e. The molecular formula is C13H22N4OS. The third-order valence-corrected chi connectivity index (χ3v) is 4.56. The van der Waals surface area contributed by atoms with E-state index in [1.165, 1.54) is 43.4 Å². The molecule has 1 fully saturated rings. The predicted octanol–water partition coefficient (Wildman–Crippen LogP) is 2.67. The molecule has 0 spiro atoms. The fraction of sp³-hybridized carbons (Fsp3) is 0.769. The summed E-state index contributed by atoms with van der Waals surface area (Å²) in [5.74, 6) is -0.103. The largest absolute Gasteiger partial charge is 0.360 e. The van der Waals surface area contributed by atoms with Crippen LogP contribution in [-0.4, -0.2) is 29.2 Å². The summed E-state index contributed by atoms with van der Waals surface area (Å²) >= 11 is 1.31. The van der Waals surface area contributed by atoms with Crippen molar-refractivity contribution in [2.75, 3.05) is 18.4 Å². The van der Waals surface area contributed by atoms with Crippen molar-refractivity contribution in [3.05, 3.63) is 5.01 Å². The molecule has 0 unspecified atom stereocenters. The summed E-state index contributed by atoms with van der Waals surface area (Å²) in [5.41, 5.74) is 0.253. The molecule has 1 aliphatic carbocycles. The first-order chi connectivity index (χ1) is 9.13. The summed E-state index contributed by atoms with van der Waals surface area (Å²) in [7, 11) is 0. The van der Waals surface area contributed by atoms with Gasteiger partial charge in [-0.15, -0.1) is 10.2 Å². The Kier molecular flexibility index (Phi) is 4.74. The number of carbonyl (C=O) groups is 1. The van der Waals surface area contributed by atoms with Gasteiger partial charge in [-0.3, -0.25) is 4.79 Å². The first kappa shape index (κ1) is 14.2. The van der Waals surface area contributed by atoms with Crippen molar-refractivity contribution in [1.82, 2.24) is 15.5 Å². The zero-order valence-electron chi connectivity index (χ0n) is 11.7. The van der Waals surface area contributed by atoms with E-state index in [9.17, 15) is 4.79 Å². The minimum atomic E-state index is -0.103. The maximum atomic E-state index is 12.0. The molecule has 0 saturated heterocycles. The first-order valence-electron chi connectivity index (χ1n) is 6.98. The summed E-state index contributed by atoms with van der Waals surface area (Å²) < 4.78 is 0. The van der Waals surface area contributed by atoms with Gasteiger partial charge in [-0.1, -0.05) is 37.5 Å². The van der Waals surface area contributed by atoms with Crippen LogP contribution in [0.3, 0.4) is 0 Å². The Balaban J connectivity index is 1.86. The quantitative estimate of drug-likeness (QED) is 0.871. The van der Waals surface area contributed by atoms with E-state index in [1.54, 1.807) is 0 Å². The second-order valence-corrected chi connectivity index (χ2v) is 6.47. The van der Waals surface area contributed by atoms with Crippen LogP contribution < -0.4 is 10.6 Å². The summed E-state index contributed by atoms with van der Waals surface area (Å²) in [4.78, 5) is 12.0. The monoisotopic (exact) mass is 282 g/mol. The number of anilines is 1. The molecule has 2 N–H and O–H groups in total. The molecule has 1 aliphatic rings. The molecule has 1 saturated carbocycles. The lowest BCUT2D eigenvalue weighted by molar-refractivity contribution is 0.0918. The van der Waals surface area contributed by atoms with E-state index in [0.717, 1.165) is 13.1 Å². The second-order valence-electron chi connectivity index (χ2n) is 5.50. The zero-order valence-corrected chi connectivity index (χ0v) is 12.5. The molecular weight excluding hydrogens is 260 g/mol. The molecule has 0 aromatic carbocycles. The van der Waals surface area contributed by atoms with Crippen LogP contribution in [0.4, 0.5) is 5.13 Å². The van der Waals surface area contributed by atoms with Gasteiger partial charge in [-0.2, -0.15) is 0 Å². The maximum Gasteiger partial charge on any atom is 0.282 e. The lowest BCUT2D eigenvalue weighted by Crippen LogP contribution is -2.37. The molecule has 0 radical (unpaired) electrons. The molecule has 1 amide bonds. The molecule has 19 heavy (non-hydrogen) atoms. The number of aromatic nitrogens is 2. The van der Waals surface area contributed by atoms with Gasteiger partial charge in [0.05, 0.1) is 0 Å². The van der Waals surface area contributed by atoms with E-state index in [2.05, 4.69) is 27.8 Å². The Bertz CT molecular complexity index is 426. The molecule has 0 atom stereocenters. The summed E-state index contributed by atoms with van der Waals surface area (Å²) in [5, 5.41) is 15.1. The van der Waals surface area contributed by atoms with Crippen LogP contribution in [0.5, 0.6) is 0 Å². The van der Waals surface area contributed by atoms with Crippen LogP contribution in [0.25, 0.3) is 0 Å². The van der Waals surface area contributed by atoms with Crippen LogP contribution in [0, 0.1) is 5.41 Å². The van der Waals surface area contributed by atoms with Gasteiger partial charge in [-0.25, -0.2) is 0 Å². The van der Waals surface area contributed by atoms with Crippen LogP contribution in [-0.2, 0) is 0 Å². The van der Waals surface area contributed by atoms with Crippen LogP contribution in [0.1, 0.15) is 55.8 Å². The minimum absolute atomic E-state index is 0.103. The predicted molar refractivity (Wildman–Crippen MR) is 77.6 cm³/mol. The second kappa shape index (κ2) is 6.32. The van der Waals surface area contributed by atoms with Crippen molar-refractivity contribution in [1.29, 1.82) is 0 Å². The van der Waals surface area contributed by atoms with E-state index < -0.39 is 0 Å². The molecule has 2 rings (SSSR count).